The first kappa shape index (κ1) is 15.2. The van der Waals surface area contributed by atoms with Crippen LogP contribution in [0.5, 0.6) is 5.75 Å². The third kappa shape index (κ3) is 3.69. The van der Waals surface area contributed by atoms with Crippen LogP contribution in [-0.4, -0.2) is 20.0 Å². The largest absolute Gasteiger partial charge is 0.487 e. The number of rotatable bonds is 4. The molecule has 0 aliphatic carbocycles. The average molecular weight is 316 g/mol. The van der Waals surface area contributed by atoms with Gasteiger partial charge < -0.3 is 10.5 Å². The highest BCUT2D eigenvalue weighted by atomic mass is 32.1. The third-order valence-corrected chi connectivity index (χ3v) is 2.83. The fraction of sp³-hybridized carbons (Fsp3) is 0.250. The first-order valence-electron chi connectivity index (χ1n) is 5.76. The van der Waals surface area contributed by atoms with Gasteiger partial charge in [0.15, 0.2) is 0 Å². The quantitative estimate of drug-likeness (QED) is 0.875. The summed E-state index contributed by atoms with van der Waals surface area (Å²) in [6.07, 6.45) is -3.02. The van der Waals surface area contributed by atoms with E-state index in [9.17, 15) is 13.2 Å². The molecule has 21 heavy (non-hydrogen) atoms. The van der Waals surface area contributed by atoms with Crippen LogP contribution in [0, 0.1) is 0 Å². The van der Waals surface area contributed by atoms with Crippen molar-refractivity contribution in [1.29, 1.82) is 0 Å². The zero-order valence-corrected chi connectivity index (χ0v) is 11.7. The van der Waals surface area contributed by atoms with Gasteiger partial charge in [-0.2, -0.15) is 13.2 Å². The Kier molecular flexibility index (Phi) is 4.12. The molecule has 112 valence electrons. The number of alkyl halides is 3. The molecule has 0 aliphatic rings. The number of nitrogens with zero attached hydrogens (tertiary/aromatic N) is 3. The van der Waals surface area contributed by atoms with Gasteiger partial charge in [0.1, 0.15) is 23.0 Å². The van der Waals surface area contributed by atoms with Gasteiger partial charge in [-0.1, -0.05) is 17.4 Å². The Morgan fingerprint density at radius 2 is 2.14 bits per heavy atom. The molecule has 1 aromatic carbocycles. The number of nitrogens with two attached hydrogens (primary N) is 1. The first-order valence-corrected chi connectivity index (χ1v) is 6.17. The Hall–Kier alpha value is -2.16. The summed E-state index contributed by atoms with van der Waals surface area (Å²) in [7, 11) is 1.65. The Balaban J connectivity index is 2.27. The van der Waals surface area contributed by atoms with Crippen LogP contribution in [0.15, 0.2) is 24.4 Å². The zero-order valence-electron chi connectivity index (χ0n) is 10.9. The summed E-state index contributed by atoms with van der Waals surface area (Å²) in [6.45, 7) is -0.122. The minimum Gasteiger partial charge on any atom is -0.487 e. The fourth-order valence-corrected chi connectivity index (χ4v) is 1.77. The van der Waals surface area contributed by atoms with E-state index in [0.29, 0.717) is 5.69 Å². The molecular formula is C12H11F3N4OS. The molecule has 1 aromatic heterocycles. The second-order valence-electron chi connectivity index (χ2n) is 4.25. The lowest BCUT2D eigenvalue weighted by molar-refractivity contribution is -0.139. The van der Waals surface area contributed by atoms with Crippen LogP contribution in [-0.2, 0) is 19.8 Å². The fourth-order valence-electron chi connectivity index (χ4n) is 1.64. The van der Waals surface area contributed by atoms with Gasteiger partial charge in [-0.15, -0.1) is 5.10 Å². The van der Waals surface area contributed by atoms with Crippen molar-refractivity contribution in [2.75, 3.05) is 0 Å². The standard InChI is InChI=1S/C12H11F3N4OS/c1-19-5-8(17-18-19)6-20-10-3-2-7(11(16)21)4-9(10)12(13,14)15/h2-5H,6H2,1H3,(H2,16,21). The van der Waals surface area contributed by atoms with E-state index in [-0.39, 0.29) is 22.9 Å². The summed E-state index contributed by atoms with van der Waals surface area (Å²) in [5.74, 6) is -0.312. The normalized spacial score (nSPS) is 11.4. The Morgan fingerprint density at radius 1 is 1.43 bits per heavy atom. The van der Waals surface area contributed by atoms with Crippen molar-refractivity contribution in [2.24, 2.45) is 12.8 Å². The molecule has 0 bridgehead atoms. The molecular weight excluding hydrogens is 305 g/mol. The van der Waals surface area contributed by atoms with Crippen LogP contribution in [0.1, 0.15) is 16.8 Å². The third-order valence-electron chi connectivity index (χ3n) is 2.60. The summed E-state index contributed by atoms with van der Waals surface area (Å²) in [5.41, 5.74) is 4.96. The van der Waals surface area contributed by atoms with Gasteiger partial charge in [0.2, 0.25) is 0 Å². The number of thiocarbonyl (C=S) groups is 1. The molecule has 0 amide bonds. The van der Waals surface area contributed by atoms with Crippen LogP contribution < -0.4 is 10.5 Å². The summed E-state index contributed by atoms with van der Waals surface area (Å²) >= 11 is 4.68. The van der Waals surface area contributed by atoms with Crippen LogP contribution in [0.3, 0.4) is 0 Å². The summed E-state index contributed by atoms with van der Waals surface area (Å²) in [4.78, 5) is -0.110. The lowest BCUT2D eigenvalue weighted by Gasteiger charge is -2.14. The molecule has 0 atom stereocenters. The monoisotopic (exact) mass is 316 g/mol. The number of hydrogen-bond donors (Lipinski definition) is 1. The highest BCUT2D eigenvalue weighted by Crippen LogP contribution is 2.37. The van der Waals surface area contributed by atoms with E-state index in [4.69, 9.17) is 10.5 Å². The smallest absolute Gasteiger partial charge is 0.419 e. The van der Waals surface area contributed by atoms with E-state index in [1.165, 1.54) is 16.8 Å². The second kappa shape index (κ2) is 5.68. The summed E-state index contributed by atoms with van der Waals surface area (Å²) in [5, 5.41) is 7.40. The molecule has 5 nitrogen and oxygen atoms in total. The average Bonchev–Trinajstić information content (AvgIpc) is 2.81. The maximum Gasteiger partial charge on any atom is 0.419 e. The van der Waals surface area contributed by atoms with E-state index in [1.54, 1.807) is 13.2 Å². The number of benzene rings is 1. The van der Waals surface area contributed by atoms with E-state index >= 15 is 0 Å². The van der Waals surface area contributed by atoms with E-state index in [0.717, 1.165) is 6.07 Å². The van der Waals surface area contributed by atoms with Crippen molar-refractivity contribution in [1.82, 2.24) is 15.0 Å². The molecule has 0 spiro atoms. The number of hydrogen-bond acceptors (Lipinski definition) is 4. The van der Waals surface area contributed by atoms with Crippen molar-refractivity contribution in [2.45, 2.75) is 12.8 Å². The van der Waals surface area contributed by atoms with E-state index < -0.39 is 11.7 Å². The molecule has 0 radical (unpaired) electrons. The molecule has 2 N–H and O–H groups in total. The molecule has 0 fully saturated rings. The summed E-state index contributed by atoms with van der Waals surface area (Å²) in [6, 6.07) is 3.44. The van der Waals surface area contributed by atoms with Gasteiger partial charge in [0.05, 0.1) is 11.8 Å². The molecule has 9 heteroatoms. The first-order chi connectivity index (χ1) is 9.77. The highest BCUT2D eigenvalue weighted by Gasteiger charge is 2.35. The van der Waals surface area contributed by atoms with E-state index in [2.05, 4.69) is 22.5 Å². The van der Waals surface area contributed by atoms with Crippen LogP contribution in [0.25, 0.3) is 0 Å². The number of aryl methyl sites for hydroxylation is 1. The van der Waals surface area contributed by atoms with Gasteiger partial charge >= 0.3 is 6.18 Å². The van der Waals surface area contributed by atoms with Crippen molar-refractivity contribution in [3.05, 3.63) is 41.2 Å². The van der Waals surface area contributed by atoms with Crippen LogP contribution in [0.4, 0.5) is 13.2 Å². The van der Waals surface area contributed by atoms with Gasteiger partial charge in [0.25, 0.3) is 0 Å². The Morgan fingerprint density at radius 3 is 2.67 bits per heavy atom. The minimum absolute atomic E-state index is 0.110. The highest BCUT2D eigenvalue weighted by molar-refractivity contribution is 7.80. The van der Waals surface area contributed by atoms with Gasteiger partial charge in [-0.05, 0) is 18.2 Å². The van der Waals surface area contributed by atoms with Gasteiger partial charge in [-0.3, -0.25) is 4.68 Å². The predicted molar refractivity (Wildman–Crippen MR) is 72.7 cm³/mol. The molecule has 2 rings (SSSR count). The lowest BCUT2D eigenvalue weighted by atomic mass is 10.1. The van der Waals surface area contributed by atoms with Crippen molar-refractivity contribution in [3.8, 4) is 5.75 Å². The molecule has 0 aliphatic heterocycles. The molecule has 0 saturated carbocycles. The second-order valence-corrected chi connectivity index (χ2v) is 4.68. The number of ether oxygens (including phenoxy) is 1. The van der Waals surface area contributed by atoms with Crippen LogP contribution in [0.2, 0.25) is 0 Å². The maximum absolute atomic E-state index is 13.0. The number of halogens is 3. The topological polar surface area (TPSA) is 66.0 Å². The Bertz CT molecular complexity index is 669. The van der Waals surface area contributed by atoms with E-state index in [1.807, 2.05) is 0 Å². The minimum atomic E-state index is -4.57. The van der Waals surface area contributed by atoms with Crippen molar-refractivity contribution >= 4 is 17.2 Å². The predicted octanol–water partition coefficient (Wildman–Crippen LogP) is 2.05. The van der Waals surface area contributed by atoms with Gasteiger partial charge in [-0.25, -0.2) is 0 Å². The molecule has 2 aromatic rings. The lowest BCUT2D eigenvalue weighted by Crippen LogP contribution is -2.14. The van der Waals surface area contributed by atoms with Crippen molar-refractivity contribution in [3.63, 3.8) is 0 Å². The summed E-state index contributed by atoms with van der Waals surface area (Å²) < 4.78 is 45.7. The number of aromatic nitrogens is 3. The SMILES string of the molecule is Cn1cc(COc2ccc(C(N)=S)cc2C(F)(F)F)nn1. The van der Waals surface area contributed by atoms with Crippen molar-refractivity contribution < 1.29 is 17.9 Å². The Labute approximate surface area is 123 Å². The molecule has 0 unspecified atom stereocenters. The molecule has 1 heterocycles. The van der Waals surface area contributed by atoms with Gasteiger partial charge in [0, 0.05) is 12.6 Å². The molecule has 0 saturated heterocycles. The zero-order chi connectivity index (χ0) is 15.6. The maximum atomic E-state index is 13.0. The van der Waals surface area contributed by atoms with Crippen LogP contribution >= 0.6 is 12.2 Å².